The number of benzene rings is 3. The highest BCUT2D eigenvalue weighted by atomic mass is 16.7. The molecule has 3 aromatic carbocycles. The maximum atomic E-state index is 11.9. The van der Waals surface area contributed by atoms with Gasteiger partial charge < -0.3 is 30.1 Å². The Kier molecular flexibility index (Phi) is 11.1. The van der Waals surface area contributed by atoms with Crippen molar-refractivity contribution in [2.24, 2.45) is 0 Å². The SMILES string of the molecule is CCNC(=O)NCc1ccc(C2OC(CN(C)CCc3ccccn3)C(c3ccccc3)C(c3ccc(CO)cc3)O2)cc1. The molecule has 0 spiro atoms. The normalized spacial score (nSPS) is 19.9. The van der Waals surface area contributed by atoms with Gasteiger partial charge in [-0.2, -0.15) is 0 Å². The molecule has 0 aliphatic carbocycles. The fraction of sp³-hybridized carbons (Fsp3) is 0.333. The summed E-state index contributed by atoms with van der Waals surface area (Å²) in [4.78, 5) is 18.7. The number of nitrogens with one attached hydrogen (secondary N) is 2. The van der Waals surface area contributed by atoms with Crippen LogP contribution in [0.3, 0.4) is 0 Å². The van der Waals surface area contributed by atoms with Gasteiger partial charge in [-0.25, -0.2) is 4.79 Å². The van der Waals surface area contributed by atoms with Crippen LogP contribution in [0.5, 0.6) is 0 Å². The maximum absolute atomic E-state index is 11.9. The number of pyridine rings is 1. The molecule has 1 aliphatic rings. The van der Waals surface area contributed by atoms with E-state index in [1.165, 1.54) is 0 Å². The van der Waals surface area contributed by atoms with Gasteiger partial charge in [-0.15, -0.1) is 0 Å². The molecule has 1 aromatic heterocycles. The number of aliphatic hydroxyl groups excluding tert-OH is 1. The molecule has 2 amide bonds. The van der Waals surface area contributed by atoms with Gasteiger partial charge in [-0.3, -0.25) is 4.98 Å². The highest BCUT2D eigenvalue weighted by molar-refractivity contribution is 5.73. The Morgan fingerprint density at radius 2 is 1.55 bits per heavy atom. The molecule has 44 heavy (non-hydrogen) atoms. The van der Waals surface area contributed by atoms with Crippen LogP contribution in [-0.4, -0.2) is 53.8 Å². The fourth-order valence-electron chi connectivity index (χ4n) is 5.61. The van der Waals surface area contributed by atoms with Crippen molar-refractivity contribution in [2.45, 2.75) is 50.9 Å². The molecule has 1 saturated heterocycles. The lowest BCUT2D eigenvalue weighted by molar-refractivity contribution is -0.263. The summed E-state index contributed by atoms with van der Waals surface area (Å²) in [6.45, 7) is 4.43. The molecule has 0 bridgehead atoms. The van der Waals surface area contributed by atoms with Crippen LogP contribution in [0.25, 0.3) is 0 Å². The summed E-state index contributed by atoms with van der Waals surface area (Å²) in [6.07, 6.45) is 1.64. The Morgan fingerprint density at radius 1 is 0.841 bits per heavy atom. The van der Waals surface area contributed by atoms with Gasteiger partial charge in [0, 0.05) is 56.0 Å². The molecule has 3 N–H and O–H groups in total. The van der Waals surface area contributed by atoms with Gasteiger partial charge in [0.05, 0.1) is 18.8 Å². The lowest BCUT2D eigenvalue weighted by Crippen LogP contribution is -2.43. The Bertz CT molecular complexity index is 1430. The van der Waals surface area contributed by atoms with Crippen LogP contribution in [0.2, 0.25) is 0 Å². The van der Waals surface area contributed by atoms with Gasteiger partial charge in [0.2, 0.25) is 0 Å². The van der Waals surface area contributed by atoms with E-state index < -0.39 is 6.29 Å². The van der Waals surface area contributed by atoms with E-state index in [9.17, 15) is 9.90 Å². The average molecular weight is 595 g/mol. The van der Waals surface area contributed by atoms with E-state index >= 15 is 0 Å². The largest absolute Gasteiger partial charge is 0.392 e. The lowest BCUT2D eigenvalue weighted by atomic mass is 9.83. The van der Waals surface area contributed by atoms with Crippen molar-refractivity contribution < 1.29 is 19.4 Å². The topological polar surface area (TPSA) is 96.0 Å². The molecule has 4 atom stereocenters. The molecular formula is C36H42N4O4. The smallest absolute Gasteiger partial charge is 0.315 e. The summed E-state index contributed by atoms with van der Waals surface area (Å²) >= 11 is 0. The third-order valence-electron chi connectivity index (χ3n) is 7.98. The zero-order chi connectivity index (χ0) is 30.7. The average Bonchev–Trinajstić information content (AvgIpc) is 3.07. The van der Waals surface area contributed by atoms with Crippen molar-refractivity contribution in [1.29, 1.82) is 0 Å². The molecule has 0 saturated carbocycles. The third-order valence-corrected chi connectivity index (χ3v) is 7.98. The number of likely N-dealkylation sites (N-methyl/N-ethyl adjacent to an activating group) is 1. The second-order valence-corrected chi connectivity index (χ2v) is 11.2. The number of carbonyl (C=O) groups excluding carboxylic acids is 1. The first-order chi connectivity index (χ1) is 21.5. The van der Waals surface area contributed by atoms with Gasteiger partial charge in [-0.05, 0) is 48.4 Å². The van der Waals surface area contributed by atoms with Crippen molar-refractivity contribution in [3.8, 4) is 0 Å². The highest BCUT2D eigenvalue weighted by Crippen LogP contribution is 2.47. The number of aliphatic hydroxyl groups is 1. The number of amides is 2. The van der Waals surface area contributed by atoms with Crippen LogP contribution in [0, 0.1) is 0 Å². The quantitative estimate of drug-likeness (QED) is 0.200. The Hall–Kier alpha value is -4.08. The van der Waals surface area contributed by atoms with Crippen LogP contribution < -0.4 is 10.6 Å². The summed E-state index contributed by atoms with van der Waals surface area (Å²) in [5.41, 5.74) is 6.01. The molecule has 230 valence electrons. The number of aromatic nitrogens is 1. The Balaban J connectivity index is 1.42. The molecule has 1 aliphatic heterocycles. The number of hydrogen-bond donors (Lipinski definition) is 3. The van der Waals surface area contributed by atoms with Crippen molar-refractivity contribution in [3.63, 3.8) is 0 Å². The number of rotatable bonds is 12. The van der Waals surface area contributed by atoms with Crippen molar-refractivity contribution in [1.82, 2.24) is 20.5 Å². The molecule has 5 rings (SSSR count). The summed E-state index contributed by atoms with van der Waals surface area (Å²) in [5.74, 6) is -0.0646. The van der Waals surface area contributed by atoms with Crippen LogP contribution in [-0.2, 0) is 29.0 Å². The van der Waals surface area contributed by atoms with Crippen LogP contribution in [0.1, 0.15) is 58.7 Å². The predicted molar refractivity (Wildman–Crippen MR) is 171 cm³/mol. The number of urea groups is 1. The number of nitrogens with zero attached hydrogens (tertiary/aromatic N) is 2. The van der Waals surface area contributed by atoms with Crippen LogP contribution >= 0.6 is 0 Å². The van der Waals surface area contributed by atoms with Crippen molar-refractivity contribution in [3.05, 3.63) is 137 Å². The second-order valence-electron chi connectivity index (χ2n) is 11.2. The zero-order valence-electron chi connectivity index (χ0n) is 25.4. The highest BCUT2D eigenvalue weighted by Gasteiger charge is 2.42. The predicted octanol–water partition coefficient (Wildman–Crippen LogP) is 5.51. The first kappa shape index (κ1) is 31.3. The first-order valence-corrected chi connectivity index (χ1v) is 15.3. The first-order valence-electron chi connectivity index (χ1n) is 15.3. The molecule has 8 heteroatoms. The van der Waals surface area contributed by atoms with E-state index in [2.05, 4.69) is 57.9 Å². The van der Waals surface area contributed by atoms with E-state index in [1.807, 2.05) is 79.9 Å². The third kappa shape index (κ3) is 8.30. The lowest BCUT2D eigenvalue weighted by Gasteiger charge is -2.44. The number of carbonyl (C=O) groups is 1. The summed E-state index contributed by atoms with van der Waals surface area (Å²) < 4.78 is 13.6. The van der Waals surface area contributed by atoms with Crippen LogP contribution in [0.15, 0.2) is 103 Å². The number of ether oxygens (including phenoxy) is 2. The van der Waals surface area contributed by atoms with Gasteiger partial charge in [-0.1, -0.05) is 84.9 Å². The summed E-state index contributed by atoms with van der Waals surface area (Å²) in [7, 11) is 2.13. The van der Waals surface area contributed by atoms with Gasteiger partial charge >= 0.3 is 6.03 Å². The van der Waals surface area contributed by atoms with E-state index in [0.717, 1.165) is 46.5 Å². The van der Waals surface area contributed by atoms with Gasteiger partial charge in [0.25, 0.3) is 0 Å². The standard InChI is InChI=1S/C36H42N4O4/c1-3-37-36(42)39-23-26-12-18-30(19-13-26)35-43-32(24-40(2)22-20-31-11-7-8-21-38-31)33(28-9-5-4-6-10-28)34(44-35)29-16-14-27(25-41)15-17-29/h4-19,21,32-35,41H,3,20,22-25H2,1-2H3,(H2,37,39,42). The molecule has 1 fully saturated rings. The van der Waals surface area contributed by atoms with Gasteiger partial charge in [0.15, 0.2) is 6.29 Å². The van der Waals surface area contributed by atoms with Crippen LogP contribution in [0.4, 0.5) is 4.79 Å². The summed E-state index contributed by atoms with van der Waals surface area (Å²) in [6, 6.07) is 32.3. The molecular weight excluding hydrogens is 552 g/mol. The number of hydrogen-bond acceptors (Lipinski definition) is 6. The van der Waals surface area contributed by atoms with Crippen molar-refractivity contribution in [2.75, 3.05) is 26.7 Å². The zero-order valence-corrected chi connectivity index (χ0v) is 25.4. The minimum Gasteiger partial charge on any atom is -0.392 e. The molecule has 0 radical (unpaired) electrons. The molecule has 8 nitrogen and oxygen atoms in total. The van der Waals surface area contributed by atoms with E-state index in [1.54, 1.807) is 0 Å². The van der Waals surface area contributed by atoms with E-state index in [4.69, 9.17) is 9.47 Å². The monoisotopic (exact) mass is 594 g/mol. The fourth-order valence-corrected chi connectivity index (χ4v) is 5.61. The minimum absolute atomic E-state index is 0.00927. The Labute approximate surface area is 260 Å². The molecule has 2 heterocycles. The van der Waals surface area contributed by atoms with Gasteiger partial charge in [0.1, 0.15) is 0 Å². The second kappa shape index (κ2) is 15.6. The molecule has 4 aromatic rings. The van der Waals surface area contributed by atoms with Crippen molar-refractivity contribution >= 4 is 6.03 Å². The minimum atomic E-state index is -0.586. The maximum Gasteiger partial charge on any atom is 0.315 e. The Morgan fingerprint density at radius 3 is 2.23 bits per heavy atom. The summed E-state index contributed by atoms with van der Waals surface area (Å²) in [5, 5.41) is 15.3. The molecule has 4 unspecified atom stereocenters. The van der Waals surface area contributed by atoms with E-state index in [0.29, 0.717) is 19.6 Å². The van der Waals surface area contributed by atoms with E-state index in [-0.39, 0.29) is 30.8 Å².